The number of aryl methyl sites for hydroxylation is 1. The summed E-state index contributed by atoms with van der Waals surface area (Å²) in [7, 11) is 2.92. The van der Waals surface area contributed by atoms with E-state index in [-0.39, 0.29) is 19.0 Å². The number of hydrogen-bond acceptors (Lipinski definition) is 5. The SMILES string of the molecule is COc1nn(C)c(=O)n1-c1ccccc1CO/N=C(\C)C1=C[C@](C)(C(F)(F)F)CC=C1. The van der Waals surface area contributed by atoms with Gasteiger partial charge in [0.1, 0.15) is 6.61 Å². The number of para-hydroxylation sites is 1. The molecule has 10 heteroatoms. The van der Waals surface area contributed by atoms with Crippen molar-refractivity contribution in [3.05, 3.63) is 64.1 Å². The molecule has 3 rings (SSSR count). The third-order valence-electron chi connectivity index (χ3n) is 5.11. The standard InChI is InChI=1S/C21H23F3N4O3/c1-14(15-9-7-11-20(2,12-15)21(22,23)24)26-31-13-16-8-5-6-10-17(16)28-18(30-4)25-27(3)19(28)29/h5-10,12H,11,13H2,1-4H3/b26-14+/t20-/m1/s1. The predicted molar refractivity (Wildman–Crippen MR) is 109 cm³/mol. The maximum Gasteiger partial charge on any atom is 0.397 e. The molecule has 0 radical (unpaired) electrons. The Morgan fingerprint density at radius 3 is 2.71 bits per heavy atom. The molecule has 1 heterocycles. The van der Waals surface area contributed by atoms with Gasteiger partial charge < -0.3 is 9.57 Å². The van der Waals surface area contributed by atoms with Crippen molar-refractivity contribution in [2.45, 2.75) is 33.1 Å². The smallest absolute Gasteiger partial charge is 0.397 e. The molecular weight excluding hydrogens is 413 g/mol. The number of halogens is 3. The number of rotatable bonds is 6. The van der Waals surface area contributed by atoms with E-state index < -0.39 is 17.3 Å². The van der Waals surface area contributed by atoms with Crippen molar-refractivity contribution < 1.29 is 22.7 Å². The van der Waals surface area contributed by atoms with Crippen molar-refractivity contribution in [3.63, 3.8) is 0 Å². The molecule has 0 fully saturated rings. The number of oxime groups is 1. The van der Waals surface area contributed by atoms with Gasteiger partial charge in [0, 0.05) is 12.6 Å². The number of benzene rings is 1. The van der Waals surface area contributed by atoms with Gasteiger partial charge in [-0.05, 0) is 31.9 Å². The average molecular weight is 436 g/mol. The average Bonchev–Trinajstić information content (AvgIpc) is 3.01. The Balaban J connectivity index is 1.83. The Bertz CT molecular complexity index is 1110. The summed E-state index contributed by atoms with van der Waals surface area (Å²) in [5, 5.41) is 8.00. The van der Waals surface area contributed by atoms with Crippen LogP contribution >= 0.6 is 0 Å². The minimum absolute atomic E-state index is 0.00840. The molecule has 1 atom stereocenters. The van der Waals surface area contributed by atoms with Crippen LogP contribution in [0, 0.1) is 5.41 Å². The number of alkyl halides is 3. The van der Waals surface area contributed by atoms with Crippen molar-refractivity contribution in [1.29, 1.82) is 0 Å². The molecule has 166 valence electrons. The molecule has 0 aliphatic heterocycles. The highest BCUT2D eigenvalue weighted by Gasteiger charge is 2.49. The minimum Gasteiger partial charge on any atom is -0.467 e. The molecule has 1 aromatic heterocycles. The molecule has 0 bridgehead atoms. The van der Waals surface area contributed by atoms with Gasteiger partial charge >= 0.3 is 17.9 Å². The molecule has 2 aromatic rings. The number of allylic oxidation sites excluding steroid dienone is 4. The molecule has 31 heavy (non-hydrogen) atoms. The van der Waals surface area contributed by atoms with Crippen LogP contribution in [0.5, 0.6) is 6.01 Å². The molecule has 0 N–H and O–H groups in total. The summed E-state index contributed by atoms with van der Waals surface area (Å²) in [6.45, 7) is 2.73. The van der Waals surface area contributed by atoms with Crippen LogP contribution in [-0.2, 0) is 18.5 Å². The second-order valence-corrected chi connectivity index (χ2v) is 7.43. The maximum absolute atomic E-state index is 13.3. The minimum atomic E-state index is -4.36. The Morgan fingerprint density at radius 2 is 2.03 bits per heavy atom. The third kappa shape index (κ3) is 4.42. The quantitative estimate of drug-likeness (QED) is 0.508. The Hall–Kier alpha value is -3.30. The molecule has 7 nitrogen and oxygen atoms in total. The van der Waals surface area contributed by atoms with Crippen LogP contribution in [0.2, 0.25) is 0 Å². The molecule has 0 amide bonds. The van der Waals surface area contributed by atoms with Gasteiger partial charge in [-0.15, -0.1) is 5.10 Å². The van der Waals surface area contributed by atoms with Crippen molar-refractivity contribution in [2.24, 2.45) is 17.6 Å². The van der Waals surface area contributed by atoms with Crippen molar-refractivity contribution in [2.75, 3.05) is 7.11 Å². The molecule has 0 unspecified atom stereocenters. The van der Waals surface area contributed by atoms with E-state index in [1.54, 1.807) is 37.3 Å². The van der Waals surface area contributed by atoms with E-state index in [2.05, 4.69) is 10.3 Å². The van der Waals surface area contributed by atoms with E-state index in [9.17, 15) is 18.0 Å². The molecule has 0 saturated heterocycles. The van der Waals surface area contributed by atoms with Gasteiger partial charge in [0.05, 0.1) is 23.9 Å². The fourth-order valence-electron chi connectivity index (χ4n) is 3.19. The van der Waals surface area contributed by atoms with Crippen molar-refractivity contribution >= 4 is 5.71 Å². The topological polar surface area (TPSA) is 70.6 Å². The van der Waals surface area contributed by atoms with E-state index in [1.165, 1.54) is 30.9 Å². The zero-order valence-corrected chi connectivity index (χ0v) is 17.6. The largest absolute Gasteiger partial charge is 0.467 e. The molecular formula is C21H23F3N4O3. The lowest BCUT2D eigenvalue weighted by molar-refractivity contribution is -0.199. The normalized spacial score (nSPS) is 19.3. The second-order valence-electron chi connectivity index (χ2n) is 7.43. The third-order valence-corrected chi connectivity index (χ3v) is 5.11. The summed E-state index contributed by atoms with van der Waals surface area (Å²) >= 11 is 0. The lowest BCUT2D eigenvalue weighted by Gasteiger charge is -2.30. The number of nitrogens with zero attached hydrogens (tertiary/aromatic N) is 4. The fourth-order valence-corrected chi connectivity index (χ4v) is 3.19. The molecule has 0 saturated carbocycles. The summed E-state index contributed by atoms with van der Waals surface area (Å²) in [5.74, 6) is 0. The number of methoxy groups -OCH3 is 1. The highest BCUT2D eigenvalue weighted by molar-refractivity contribution is 6.00. The van der Waals surface area contributed by atoms with E-state index in [4.69, 9.17) is 9.57 Å². The summed E-state index contributed by atoms with van der Waals surface area (Å²) in [5.41, 5.74) is -0.539. The summed E-state index contributed by atoms with van der Waals surface area (Å²) in [6.07, 6.45) is -0.229. The van der Waals surface area contributed by atoms with Gasteiger partial charge in [-0.1, -0.05) is 41.6 Å². The zero-order chi connectivity index (χ0) is 22.8. The zero-order valence-electron chi connectivity index (χ0n) is 17.6. The van der Waals surface area contributed by atoms with Crippen LogP contribution in [0.4, 0.5) is 13.2 Å². The molecule has 1 aliphatic carbocycles. The molecule has 1 aromatic carbocycles. The van der Waals surface area contributed by atoms with Crippen LogP contribution in [-0.4, -0.2) is 33.3 Å². The van der Waals surface area contributed by atoms with Gasteiger partial charge in [-0.3, -0.25) is 0 Å². The van der Waals surface area contributed by atoms with E-state index in [1.807, 2.05) is 0 Å². The summed E-state index contributed by atoms with van der Waals surface area (Å²) in [6, 6.07) is 7.10. The van der Waals surface area contributed by atoms with Crippen LogP contribution in [0.1, 0.15) is 25.8 Å². The maximum atomic E-state index is 13.3. The van der Waals surface area contributed by atoms with Gasteiger partial charge in [-0.2, -0.15) is 13.2 Å². The lowest BCUT2D eigenvalue weighted by atomic mass is 9.80. The van der Waals surface area contributed by atoms with Gasteiger partial charge in [0.25, 0.3) is 0 Å². The van der Waals surface area contributed by atoms with E-state index in [0.29, 0.717) is 22.5 Å². The number of ether oxygens (including phenoxy) is 1. The summed E-state index contributed by atoms with van der Waals surface area (Å²) in [4.78, 5) is 17.9. The molecule has 1 aliphatic rings. The van der Waals surface area contributed by atoms with Crippen molar-refractivity contribution in [1.82, 2.24) is 14.3 Å². The van der Waals surface area contributed by atoms with Gasteiger partial charge in [0.15, 0.2) is 0 Å². The molecule has 0 spiro atoms. The van der Waals surface area contributed by atoms with Crippen LogP contribution < -0.4 is 10.4 Å². The fraction of sp³-hybridized carbons (Fsp3) is 0.381. The highest BCUT2D eigenvalue weighted by Crippen LogP contribution is 2.45. The first-order valence-corrected chi connectivity index (χ1v) is 9.49. The highest BCUT2D eigenvalue weighted by atomic mass is 19.4. The Labute approximate surface area is 177 Å². The van der Waals surface area contributed by atoms with Crippen LogP contribution in [0.25, 0.3) is 5.69 Å². The van der Waals surface area contributed by atoms with E-state index >= 15 is 0 Å². The number of hydrogen-bond donors (Lipinski definition) is 0. The monoisotopic (exact) mass is 436 g/mol. The summed E-state index contributed by atoms with van der Waals surface area (Å²) < 4.78 is 47.7. The Kier molecular flexibility index (Phi) is 6.10. The lowest BCUT2D eigenvalue weighted by Crippen LogP contribution is -2.34. The predicted octanol–water partition coefficient (Wildman–Crippen LogP) is 3.93. The first kappa shape index (κ1) is 22.4. The van der Waals surface area contributed by atoms with Gasteiger partial charge in [0.2, 0.25) is 0 Å². The van der Waals surface area contributed by atoms with Crippen LogP contribution in [0.15, 0.2) is 58.0 Å². The first-order valence-electron chi connectivity index (χ1n) is 9.49. The Morgan fingerprint density at radius 1 is 1.32 bits per heavy atom. The van der Waals surface area contributed by atoms with Gasteiger partial charge in [-0.25, -0.2) is 14.0 Å². The second kappa shape index (κ2) is 8.44. The van der Waals surface area contributed by atoms with E-state index in [0.717, 1.165) is 11.6 Å². The van der Waals surface area contributed by atoms with Crippen molar-refractivity contribution in [3.8, 4) is 11.7 Å². The van der Waals surface area contributed by atoms with Crippen LogP contribution in [0.3, 0.4) is 0 Å². The first-order chi connectivity index (χ1) is 14.6. The number of aromatic nitrogens is 3.